The van der Waals surface area contributed by atoms with E-state index < -0.39 is 10.0 Å². The van der Waals surface area contributed by atoms with Crippen LogP contribution in [-0.2, 0) is 10.0 Å². The van der Waals surface area contributed by atoms with Crippen LogP contribution in [0.1, 0.15) is 13.3 Å². The first-order valence-corrected chi connectivity index (χ1v) is 6.78. The second kappa shape index (κ2) is 4.29. The maximum atomic E-state index is 12.2. The smallest absolute Gasteiger partial charge is 0.263 e. The van der Waals surface area contributed by atoms with Gasteiger partial charge in [0.2, 0.25) is 0 Å². The van der Waals surface area contributed by atoms with Crippen molar-refractivity contribution in [2.75, 3.05) is 6.54 Å². The summed E-state index contributed by atoms with van der Waals surface area (Å²) in [6.45, 7) is 2.62. The largest absolute Gasteiger partial charge is 0.273 e. The lowest BCUT2D eigenvalue weighted by Crippen LogP contribution is -2.32. The summed E-state index contributed by atoms with van der Waals surface area (Å²) in [5.74, 6) is 0.378. The summed E-state index contributed by atoms with van der Waals surface area (Å²) in [5.41, 5.74) is 0. The van der Waals surface area contributed by atoms with Gasteiger partial charge in [-0.15, -0.1) is 0 Å². The molecule has 0 fully saturated rings. The quantitative estimate of drug-likeness (QED) is 0.791. The maximum absolute atomic E-state index is 12.2. The zero-order valence-corrected chi connectivity index (χ0v) is 10.0. The van der Waals surface area contributed by atoms with Gasteiger partial charge < -0.3 is 0 Å². The molecule has 0 bridgehead atoms. The minimum Gasteiger partial charge on any atom is -0.273 e. The molecule has 1 atom stereocenters. The zero-order valence-electron chi connectivity index (χ0n) is 9.20. The Balaban J connectivity index is 2.33. The van der Waals surface area contributed by atoms with Crippen molar-refractivity contribution >= 4 is 10.0 Å². The van der Waals surface area contributed by atoms with Crippen LogP contribution in [0.15, 0.2) is 47.5 Å². The molecule has 0 N–H and O–H groups in total. The van der Waals surface area contributed by atoms with Gasteiger partial charge in [-0.05, 0) is 24.5 Å². The number of rotatable bonds is 2. The van der Waals surface area contributed by atoms with E-state index in [1.807, 2.05) is 12.1 Å². The summed E-state index contributed by atoms with van der Waals surface area (Å²) in [4.78, 5) is 0.355. The van der Waals surface area contributed by atoms with Gasteiger partial charge in [-0.1, -0.05) is 31.2 Å². The molecule has 0 aliphatic carbocycles. The average molecular weight is 237 g/mol. The molecule has 1 aromatic carbocycles. The van der Waals surface area contributed by atoms with Gasteiger partial charge in [-0.3, -0.25) is 4.31 Å². The Kier molecular flexibility index (Phi) is 3.01. The van der Waals surface area contributed by atoms with E-state index in [9.17, 15) is 8.42 Å². The van der Waals surface area contributed by atoms with Crippen LogP contribution >= 0.6 is 0 Å². The predicted octanol–water partition coefficient (Wildman–Crippen LogP) is 2.23. The topological polar surface area (TPSA) is 37.4 Å². The van der Waals surface area contributed by atoms with Crippen LogP contribution in [-0.4, -0.2) is 19.3 Å². The van der Waals surface area contributed by atoms with Crippen molar-refractivity contribution in [2.45, 2.75) is 18.2 Å². The van der Waals surface area contributed by atoms with Crippen LogP contribution in [0.4, 0.5) is 0 Å². The third-order valence-electron chi connectivity index (χ3n) is 2.65. The molecule has 16 heavy (non-hydrogen) atoms. The van der Waals surface area contributed by atoms with Gasteiger partial charge in [-0.25, -0.2) is 8.42 Å². The lowest BCUT2D eigenvalue weighted by molar-refractivity contribution is 0.406. The molecule has 86 valence electrons. The minimum absolute atomic E-state index is 0.355. The van der Waals surface area contributed by atoms with Gasteiger partial charge in [0.25, 0.3) is 10.0 Å². The van der Waals surface area contributed by atoms with Crippen molar-refractivity contribution in [3.8, 4) is 0 Å². The Labute approximate surface area is 96.4 Å². The van der Waals surface area contributed by atoms with Gasteiger partial charge in [0.05, 0.1) is 4.90 Å². The van der Waals surface area contributed by atoms with Crippen LogP contribution in [0.25, 0.3) is 0 Å². The molecule has 3 nitrogen and oxygen atoms in total. The van der Waals surface area contributed by atoms with E-state index in [-0.39, 0.29) is 0 Å². The first kappa shape index (κ1) is 11.2. The second-order valence-corrected chi connectivity index (χ2v) is 6.00. The van der Waals surface area contributed by atoms with E-state index in [1.165, 1.54) is 4.31 Å². The van der Waals surface area contributed by atoms with E-state index in [1.54, 1.807) is 30.5 Å². The summed E-state index contributed by atoms with van der Waals surface area (Å²) in [6, 6.07) is 8.55. The zero-order chi connectivity index (χ0) is 11.6. The van der Waals surface area contributed by atoms with Crippen molar-refractivity contribution in [1.82, 2.24) is 4.31 Å². The van der Waals surface area contributed by atoms with E-state index in [2.05, 4.69) is 6.92 Å². The number of hydrogen-bond acceptors (Lipinski definition) is 2. The van der Waals surface area contributed by atoms with Crippen LogP contribution in [0, 0.1) is 5.92 Å². The summed E-state index contributed by atoms with van der Waals surface area (Å²) < 4.78 is 25.8. The lowest BCUT2D eigenvalue weighted by Gasteiger charge is -2.26. The number of nitrogens with zero attached hydrogens (tertiary/aromatic N) is 1. The fourth-order valence-corrected chi connectivity index (χ4v) is 3.23. The molecule has 0 amide bonds. The number of allylic oxidation sites excluding steroid dienone is 1. The van der Waals surface area contributed by atoms with E-state index in [0.717, 1.165) is 6.42 Å². The highest BCUT2D eigenvalue weighted by molar-refractivity contribution is 7.89. The van der Waals surface area contributed by atoms with Crippen LogP contribution in [0.5, 0.6) is 0 Å². The summed E-state index contributed by atoms with van der Waals surface area (Å²) in [6.07, 6.45) is 4.53. The number of sulfonamides is 1. The Morgan fingerprint density at radius 3 is 2.56 bits per heavy atom. The molecule has 1 aromatic rings. The van der Waals surface area contributed by atoms with Crippen molar-refractivity contribution in [1.29, 1.82) is 0 Å². The van der Waals surface area contributed by atoms with Gasteiger partial charge >= 0.3 is 0 Å². The monoisotopic (exact) mass is 237 g/mol. The highest BCUT2D eigenvalue weighted by Gasteiger charge is 2.24. The first-order chi connectivity index (χ1) is 7.60. The lowest BCUT2D eigenvalue weighted by atomic mass is 10.1. The van der Waals surface area contributed by atoms with E-state index >= 15 is 0 Å². The van der Waals surface area contributed by atoms with Crippen LogP contribution in [0.3, 0.4) is 0 Å². The summed E-state index contributed by atoms with van der Waals surface area (Å²) >= 11 is 0. The Morgan fingerprint density at radius 2 is 1.94 bits per heavy atom. The fraction of sp³-hybridized carbons (Fsp3) is 0.333. The highest BCUT2D eigenvalue weighted by Crippen LogP contribution is 2.21. The molecule has 1 aliphatic heterocycles. The SMILES string of the molecule is C[C@H]1CC=CN(S(=O)(=O)c2ccccc2)C1. The highest BCUT2D eigenvalue weighted by atomic mass is 32.2. The average Bonchev–Trinajstić information content (AvgIpc) is 2.30. The molecule has 4 heteroatoms. The van der Waals surface area contributed by atoms with Crippen molar-refractivity contribution < 1.29 is 8.42 Å². The molecule has 1 aliphatic rings. The Hall–Kier alpha value is -1.29. The third-order valence-corrected chi connectivity index (χ3v) is 4.41. The van der Waals surface area contributed by atoms with Crippen molar-refractivity contribution in [3.63, 3.8) is 0 Å². The summed E-state index contributed by atoms with van der Waals surface area (Å²) in [5, 5.41) is 0. The minimum atomic E-state index is -3.35. The molecule has 0 saturated carbocycles. The normalized spacial score (nSPS) is 21.1. The molecule has 2 rings (SSSR count). The third kappa shape index (κ3) is 2.11. The Morgan fingerprint density at radius 1 is 1.25 bits per heavy atom. The molecular weight excluding hydrogens is 222 g/mol. The Bertz CT molecular complexity index is 479. The standard InChI is InChI=1S/C12H15NO2S/c1-11-6-5-9-13(10-11)16(14,15)12-7-3-2-4-8-12/h2-5,7-9,11H,6,10H2,1H3/t11-/m0/s1. The molecule has 0 aromatic heterocycles. The van der Waals surface area contributed by atoms with E-state index in [0.29, 0.717) is 17.4 Å². The van der Waals surface area contributed by atoms with Crippen molar-refractivity contribution in [2.24, 2.45) is 5.92 Å². The molecule has 0 unspecified atom stereocenters. The fourth-order valence-electron chi connectivity index (χ4n) is 1.76. The van der Waals surface area contributed by atoms with Gasteiger partial charge in [0.15, 0.2) is 0 Å². The van der Waals surface area contributed by atoms with Crippen molar-refractivity contribution in [3.05, 3.63) is 42.6 Å². The number of hydrogen-bond donors (Lipinski definition) is 0. The molecule has 0 saturated heterocycles. The molecule has 1 heterocycles. The first-order valence-electron chi connectivity index (χ1n) is 5.34. The molecular formula is C12H15NO2S. The van der Waals surface area contributed by atoms with E-state index in [4.69, 9.17) is 0 Å². The van der Waals surface area contributed by atoms with Gasteiger partial charge in [0.1, 0.15) is 0 Å². The second-order valence-electron chi connectivity index (χ2n) is 4.11. The van der Waals surface area contributed by atoms with Crippen LogP contribution in [0.2, 0.25) is 0 Å². The molecule has 0 spiro atoms. The maximum Gasteiger partial charge on any atom is 0.263 e. The summed E-state index contributed by atoms with van der Waals surface area (Å²) in [7, 11) is -3.35. The predicted molar refractivity (Wildman–Crippen MR) is 63.3 cm³/mol. The van der Waals surface area contributed by atoms with Gasteiger partial charge in [-0.2, -0.15) is 0 Å². The van der Waals surface area contributed by atoms with Gasteiger partial charge in [0, 0.05) is 12.7 Å². The molecule has 0 radical (unpaired) electrons. The van der Waals surface area contributed by atoms with Crippen LogP contribution < -0.4 is 0 Å². The number of benzene rings is 1.